The van der Waals surface area contributed by atoms with E-state index < -0.39 is 12.1 Å². The molecule has 0 heterocycles. The van der Waals surface area contributed by atoms with Gasteiger partial charge in [0.25, 0.3) is 0 Å². The van der Waals surface area contributed by atoms with E-state index in [1.54, 1.807) is 12.1 Å². The van der Waals surface area contributed by atoms with Gasteiger partial charge in [0.2, 0.25) is 0 Å². The Bertz CT molecular complexity index is 1030. The Morgan fingerprint density at radius 2 is 1.45 bits per heavy atom. The zero-order valence-corrected chi connectivity index (χ0v) is 17.2. The Kier molecular flexibility index (Phi) is 6.32. The zero-order valence-electron chi connectivity index (χ0n) is 17.2. The van der Waals surface area contributed by atoms with Gasteiger partial charge in [-0.05, 0) is 59.2 Å². The number of carbonyl (C=O) groups is 2. The van der Waals surface area contributed by atoms with Crippen LogP contribution in [0.1, 0.15) is 45.8 Å². The number of alkyl carbamates (subject to hydrolysis) is 1. The largest absolute Gasteiger partial charge is 0.478 e. The number of aromatic carboxylic acids is 1. The highest BCUT2D eigenvalue weighted by molar-refractivity contribution is 5.87. The second-order valence-electron chi connectivity index (χ2n) is 7.71. The highest BCUT2D eigenvalue weighted by Gasteiger charge is 2.28. The molecule has 5 heteroatoms. The summed E-state index contributed by atoms with van der Waals surface area (Å²) in [6.07, 6.45) is 2.17. The van der Waals surface area contributed by atoms with Gasteiger partial charge >= 0.3 is 12.1 Å². The molecule has 158 valence electrons. The Balaban J connectivity index is 1.21. The smallest absolute Gasteiger partial charge is 0.407 e. The van der Waals surface area contributed by atoms with Crippen LogP contribution in [0.4, 0.5) is 4.79 Å². The van der Waals surface area contributed by atoms with E-state index in [9.17, 15) is 9.59 Å². The van der Waals surface area contributed by atoms with Gasteiger partial charge in [0.15, 0.2) is 0 Å². The number of carboxylic acid groups (broad SMARTS) is 1. The van der Waals surface area contributed by atoms with Gasteiger partial charge in [0.1, 0.15) is 6.61 Å². The quantitative estimate of drug-likeness (QED) is 0.493. The monoisotopic (exact) mass is 415 g/mol. The summed E-state index contributed by atoms with van der Waals surface area (Å²) in [5.41, 5.74) is 6.20. The number of carbonyl (C=O) groups excluding carboxylic acids is 1. The van der Waals surface area contributed by atoms with Crippen molar-refractivity contribution in [1.29, 1.82) is 0 Å². The first-order chi connectivity index (χ1) is 15.1. The number of aryl methyl sites for hydroxylation is 1. The third kappa shape index (κ3) is 4.77. The predicted molar refractivity (Wildman–Crippen MR) is 119 cm³/mol. The summed E-state index contributed by atoms with van der Waals surface area (Å²) in [6.45, 7) is 0.861. The molecule has 0 spiro atoms. The van der Waals surface area contributed by atoms with Crippen LogP contribution in [0.15, 0.2) is 72.8 Å². The first-order valence-corrected chi connectivity index (χ1v) is 10.5. The minimum Gasteiger partial charge on any atom is -0.478 e. The van der Waals surface area contributed by atoms with Gasteiger partial charge in [0, 0.05) is 12.5 Å². The first kappa shape index (κ1) is 20.7. The van der Waals surface area contributed by atoms with Crippen molar-refractivity contribution in [1.82, 2.24) is 5.32 Å². The van der Waals surface area contributed by atoms with E-state index in [4.69, 9.17) is 9.84 Å². The molecular formula is C26H25NO4. The highest BCUT2D eigenvalue weighted by atomic mass is 16.5. The maximum absolute atomic E-state index is 12.2. The summed E-state index contributed by atoms with van der Waals surface area (Å²) in [4.78, 5) is 23.1. The van der Waals surface area contributed by atoms with Crippen LogP contribution < -0.4 is 5.32 Å². The van der Waals surface area contributed by atoms with E-state index in [2.05, 4.69) is 29.6 Å². The number of benzene rings is 3. The predicted octanol–water partition coefficient (Wildman–Crippen LogP) is 5.25. The summed E-state index contributed by atoms with van der Waals surface area (Å²) in [5, 5.41) is 11.8. The van der Waals surface area contributed by atoms with E-state index in [0.717, 1.165) is 24.8 Å². The Morgan fingerprint density at radius 3 is 2.06 bits per heavy atom. The van der Waals surface area contributed by atoms with E-state index in [-0.39, 0.29) is 5.92 Å². The zero-order chi connectivity index (χ0) is 21.6. The van der Waals surface area contributed by atoms with Crippen molar-refractivity contribution in [3.05, 3.63) is 95.1 Å². The standard InChI is InChI=1S/C26H25NO4/c28-25(29)19-14-12-18(13-15-19)7-5-6-16-27-26(30)31-17-24-22-10-3-1-8-20(22)21-9-2-4-11-23(21)24/h1-4,8-15,24H,5-7,16-17H2,(H,27,30)(H,28,29). The molecule has 0 saturated carbocycles. The molecule has 0 atom stereocenters. The number of ether oxygens (including phenoxy) is 1. The van der Waals surface area contributed by atoms with E-state index >= 15 is 0 Å². The molecular weight excluding hydrogens is 390 g/mol. The molecule has 31 heavy (non-hydrogen) atoms. The first-order valence-electron chi connectivity index (χ1n) is 10.5. The lowest BCUT2D eigenvalue weighted by Crippen LogP contribution is -2.27. The molecule has 1 amide bonds. The third-order valence-corrected chi connectivity index (χ3v) is 5.71. The fourth-order valence-corrected chi connectivity index (χ4v) is 4.11. The van der Waals surface area contributed by atoms with Gasteiger partial charge in [0.05, 0.1) is 5.56 Å². The molecule has 2 N–H and O–H groups in total. The van der Waals surface area contributed by atoms with Crippen LogP contribution >= 0.6 is 0 Å². The topological polar surface area (TPSA) is 75.6 Å². The molecule has 5 nitrogen and oxygen atoms in total. The fourth-order valence-electron chi connectivity index (χ4n) is 4.11. The van der Waals surface area contributed by atoms with E-state index in [1.165, 1.54) is 22.3 Å². The lowest BCUT2D eigenvalue weighted by atomic mass is 9.98. The highest BCUT2D eigenvalue weighted by Crippen LogP contribution is 2.44. The lowest BCUT2D eigenvalue weighted by molar-refractivity contribution is 0.0696. The van der Waals surface area contributed by atoms with Gasteiger partial charge in [-0.1, -0.05) is 60.7 Å². The summed E-state index contributed by atoms with van der Waals surface area (Å²) in [5.74, 6) is -0.856. The molecule has 0 radical (unpaired) electrons. The molecule has 0 fully saturated rings. The summed E-state index contributed by atoms with van der Waals surface area (Å²) in [6, 6.07) is 23.4. The van der Waals surface area contributed by atoms with E-state index in [0.29, 0.717) is 18.7 Å². The SMILES string of the molecule is O=C(NCCCCc1ccc(C(=O)O)cc1)OCC1c2ccccc2-c2ccccc21. The van der Waals surface area contributed by atoms with Crippen LogP contribution in [0.2, 0.25) is 0 Å². The normalized spacial score (nSPS) is 12.1. The summed E-state index contributed by atoms with van der Waals surface area (Å²) >= 11 is 0. The molecule has 3 aromatic carbocycles. The van der Waals surface area contributed by atoms with Crippen molar-refractivity contribution >= 4 is 12.1 Å². The van der Waals surface area contributed by atoms with Crippen LogP contribution in [0.25, 0.3) is 11.1 Å². The summed E-state index contributed by atoms with van der Waals surface area (Å²) in [7, 11) is 0. The molecule has 1 aliphatic rings. The minimum atomic E-state index is -0.918. The molecule has 4 rings (SSSR count). The Morgan fingerprint density at radius 1 is 0.839 bits per heavy atom. The van der Waals surface area contributed by atoms with Gasteiger partial charge in [-0.2, -0.15) is 0 Å². The van der Waals surface area contributed by atoms with Crippen molar-refractivity contribution in [2.24, 2.45) is 0 Å². The van der Waals surface area contributed by atoms with Crippen molar-refractivity contribution in [3.63, 3.8) is 0 Å². The Hall–Kier alpha value is -3.60. The third-order valence-electron chi connectivity index (χ3n) is 5.71. The Labute approximate surface area is 181 Å². The van der Waals surface area contributed by atoms with Crippen molar-refractivity contribution in [2.75, 3.05) is 13.2 Å². The van der Waals surface area contributed by atoms with Gasteiger partial charge in [-0.15, -0.1) is 0 Å². The number of fused-ring (bicyclic) bond motifs is 3. The van der Waals surface area contributed by atoms with Crippen LogP contribution in [0.3, 0.4) is 0 Å². The van der Waals surface area contributed by atoms with Crippen LogP contribution in [0.5, 0.6) is 0 Å². The molecule has 3 aromatic rings. The van der Waals surface area contributed by atoms with Crippen LogP contribution in [-0.4, -0.2) is 30.3 Å². The number of amides is 1. The molecule has 0 bridgehead atoms. The molecule has 0 saturated heterocycles. The van der Waals surface area contributed by atoms with Crippen molar-refractivity contribution < 1.29 is 19.4 Å². The molecule has 1 aliphatic carbocycles. The van der Waals surface area contributed by atoms with E-state index in [1.807, 2.05) is 36.4 Å². The maximum Gasteiger partial charge on any atom is 0.407 e. The van der Waals surface area contributed by atoms with Crippen molar-refractivity contribution in [2.45, 2.75) is 25.2 Å². The molecule has 0 aliphatic heterocycles. The average Bonchev–Trinajstić information content (AvgIpc) is 3.11. The number of carboxylic acids is 1. The van der Waals surface area contributed by atoms with Gasteiger partial charge < -0.3 is 15.2 Å². The number of nitrogens with one attached hydrogen (secondary N) is 1. The molecule has 0 unspecified atom stereocenters. The maximum atomic E-state index is 12.2. The molecule has 0 aromatic heterocycles. The van der Waals surface area contributed by atoms with Gasteiger partial charge in [-0.3, -0.25) is 0 Å². The minimum absolute atomic E-state index is 0.0620. The number of hydrogen-bond donors (Lipinski definition) is 2. The van der Waals surface area contributed by atoms with Crippen LogP contribution in [-0.2, 0) is 11.2 Å². The van der Waals surface area contributed by atoms with Crippen molar-refractivity contribution in [3.8, 4) is 11.1 Å². The summed E-state index contributed by atoms with van der Waals surface area (Å²) < 4.78 is 5.53. The average molecular weight is 415 g/mol. The number of hydrogen-bond acceptors (Lipinski definition) is 3. The lowest BCUT2D eigenvalue weighted by Gasteiger charge is -2.14. The fraction of sp³-hybridized carbons (Fsp3) is 0.231. The van der Waals surface area contributed by atoms with Gasteiger partial charge in [-0.25, -0.2) is 9.59 Å². The second-order valence-corrected chi connectivity index (χ2v) is 7.71. The second kappa shape index (κ2) is 9.47. The number of rotatable bonds is 8. The van der Waals surface area contributed by atoms with Crippen LogP contribution in [0, 0.1) is 0 Å². The number of unbranched alkanes of at least 4 members (excludes halogenated alkanes) is 1.